The molecule has 59 heavy (non-hydrogen) atoms. The fourth-order valence-electron chi connectivity index (χ4n) is 9.15. The molecule has 12 rings (SSSR count). The first-order valence-corrected chi connectivity index (χ1v) is 20.1. The largest absolute Gasteiger partial charge is 0.456 e. The van der Waals surface area contributed by atoms with Crippen molar-refractivity contribution in [1.82, 2.24) is 0 Å². The maximum atomic E-state index is 6.96. The van der Waals surface area contributed by atoms with E-state index in [0.29, 0.717) is 0 Å². The summed E-state index contributed by atoms with van der Waals surface area (Å²) in [4.78, 5) is 2.41. The lowest BCUT2D eigenvalue weighted by molar-refractivity contribution is 0.669. The molecule has 0 saturated carbocycles. The Balaban J connectivity index is 1.08. The lowest BCUT2D eigenvalue weighted by atomic mass is 9.92. The van der Waals surface area contributed by atoms with E-state index in [9.17, 15) is 0 Å². The zero-order valence-electron chi connectivity index (χ0n) is 32.0. The number of furan rings is 2. The van der Waals surface area contributed by atoms with Crippen molar-refractivity contribution in [1.29, 1.82) is 0 Å². The van der Waals surface area contributed by atoms with Gasteiger partial charge in [0.15, 0.2) is 0 Å². The second-order valence-corrected chi connectivity index (χ2v) is 15.2. The van der Waals surface area contributed by atoms with Gasteiger partial charge in [0, 0.05) is 32.8 Å². The van der Waals surface area contributed by atoms with Crippen LogP contribution in [0.3, 0.4) is 0 Å². The van der Waals surface area contributed by atoms with E-state index in [0.717, 1.165) is 83.2 Å². The number of para-hydroxylation sites is 2. The number of benzene rings is 10. The molecule has 0 N–H and O–H groups in total. The van der Waals surface area contributed by atoms with Crippen LogP contribution >= 0.6 is 0 Å². The van der Waals surface area contributed by atoms with Gasteiger partial charge in [0.1, 0.15) is 22.3 Å². The molecule has 10 aromatic carbocycles. The van der Waals surface area contributed by atoms with Crippen LogP contribution in [0.4, 0.5) is 17.1 Å². The average molecular weight is 754 g/mol. The molecule has 0 fully saturated rings. The third-order valence-corrected chi connectivity index (χ3v) is 11.9. The molecule has 3 nitrogen and oxygen atoms in total. The Kier molecular flexibility index (Phi) is 7.54. The summed E-state index contributed by atoms with van der Waals surface area (Å²) in [5.74, 6) is 0. The molecular weight excluding hydrogens is 719 g/mol. The first-order valence-electron chi connectivity index (χ1n) is 20.1. The molecule has 0 atom stereocenters. The number of hydrogen-bond acceptors (Lipinski definition) is 3. The second kappa shape index (κ2) is 13.4. The molecule has 0 unspecified atom stereocenters. The molecule has 0 spiro atoms. The third-order valence-electron chi connectivity index (χ3n) is 11.9. The van der Waals surface area contributed by atoms with Crippen LogP contribution in [0, 0.1) is 0 Å². The fraction of sp³-hybridized carbons (Fsp3) is 0. The Morgan fingerprint density at radius 3 is 1.69 bits per heavy atom. The van der Waals surface area contributed by atoms with Crippen molar-refractivity contribution < 1.29 is 8.83 Å². The van der Waals surface area contributed by atoms with Gasteiger partial charge in [-0.2, -0.15) is 0 Å². The van der Waals surface area contributed by atoms with Crippen LogP contribution in [0.1, 0.15) is 0 Å². The van der Waals surface area contributed by atoms with Crippen molar-refractivity contribution in [3.05, 3.63) is 212 Å². The van der Waals surface area contributed by atoms with Gasteiger partial charge in [-0.25, -0.2) is 0 Å². The van der Waals surface area contributed by atoms with Gasteiger partial charge < -0.3 is 13.7 Å². The highest BCUT2D eigenvalue weighted by Gasteiger charge is 2.24. The van der Waals surface area contributed by atoms with Gasteiger partial charge in [-0.05, 0) is 98.6 Å². The summed E-state index contributed by atoms with van der Waals surface area (Å²) in [5, 5.41) is 9.20. The van der Waals surface area contributed by atoms with E-state index in [1.165, 1.54) is 32.7 Å². The topological polar surface area (TPSA) is 29.5 Å². The summed E-state index contributed by atoms with van der Waals surface area (Å²) in [6, 6.07) is 75.7. The number of anilines is 3. The molecule has 0 saturated heterocycles. The number of fused-ring (bicyclic) bond motifs is 8. The second-order valence-electron chi connectivity index (χ2n) is 15.2. The average Bonchev–Trinajstić information content (AvgIpc) is 3.88. The van der Waals surface area contributed by atoms with Gasteiger partial charge in [-0.1, -0.05) is 158 Å². The highest BCUT2D eigenvalue weighted by molar-refractivity contribution is 6.19. The number of nitrogens with zero attached hydrogens (tertiary/aromatic N) is 1. The summed E-state index contributed by atoms with van der Waals surface area (Å²) in [6.07, 6.45) is 0. The smallest absolute Gasteiger partial charge is 0.145 e. The lowest BCUT2D eigenvalue weighted by Crippen LogP contribution is -2.11. The Morgan fingerprint density at radius 1 is 0.305 bits per heavy atom. The molecule has 12 aromatic rings. The van der Waals surface area contributed by atoms with E-state index in [4.69, 9.17) is 8.83 Å². The fourth-order valence-corrected chi connectivity index (χ4v) is 9.15. The van der Waals surface area contributed by atoms with Crippen molar-refractivity contribution in [3.63, 3.8) is 0 Å². The summed E-state index contributed by atoms with van der Waals surface area (Å²) in [7, 11) is 0. The SMILES string of the molecule is c1ccc(-c2ccc(N(c3ccc(-c4cccc5ccccc45)cc3)c3cccc4ccccc34)c3c2oc2ccccc23)c(-c2ccc3c(c2)oc2ccccc23)c1. The summed E-state index contributed by atoms with van der Waals surface area (Å²) in [6.45, 7) is 0. The van der Waals surface area contributed by atoms with Crippen molar-refractivity contribution >= 4 is 82.5 Å². The van der Waals surface area contributed by atoms with E-state index in [1.54, 1.807) is 0 Å². The standard InChI is InChI=1S/C56H35NO2/c1-3-17-41-36(13-1)15-11-23-42(41)38-27-30-40(31-28-38)57(50-24-12-16-37-14-2-4-19-44(37)50)51-34-33-48(56-55(51)49-22-8-10-26-53(49)59-56)45-20-6-5-18-43(45)39-29-32-47-46-21-7-9-25-52(46)58-54(47)35-39/h1-35H. The lowest BCUT2D eigenvalue weighted by Gasteiger charge is -2.28. The van der Waals surface area contributed by atoms with Gasteiger partial charge in [0.25, 0.3) is 0 Å². The summed E-state index contributed by atoms with van der Waals surface area (Å²) >= 11 is 0. The highest BCUT2D eigenvalue weighted by atomic mass is 16.3. The normalized spacial score (nSPS) is 11.7. The van der Waals surface area contributed by atoms with Gasteiger partial charge in [-0.3, -0.25) is 0 Å². The molecule has 0 aliphatic heterocycles. The van der Waals surface area contributed by atoms with Gasteiger partial charge in [0.2, 0.25) is 0 Å². The van der Waals surface area contributed by atoms with Crippen LogP contribution in [0.15, 0.2) is 221 Å². The van der Waals surface area contributed by atoms with Crippen molar-refractivity contribution in [2.75, 3.05) is 4.90 Å². The van der Waals surface area contributed by atoms with Crippen LogP contribution in [0.2, 0.25) is 0 Å². The molecule has 0 aliphatic carbocycles. The van der Waals surface area contributed by atoms with Gasteiger partial charge in [-0.15, -0.1) is 0 Å². The Bertz CT molecular complexity index is 3560. The van der Waals surface area contributed by atoms with Crippen LogP contribution in [0.25, 0.3) is 98.8 Å². The maximum Gasteiger partial charge on any atom is 0.145 e. The molecule has 276 valence electrons. The van der Waals surface area contributed by atoms with E-state index >= 15 is 0 Å². The van der Waals surface area contributed by atoms with E-state index in [1.807, 2.05) is 12.1 Å². The first-order chi connectivity index (χ1) is 29.3. The molecule has 0 bridgehead atoms. The quantitative estimate of drug-likeness (QED) is 0.169. The summed E-state index contributed by atoms with van der Waals surface area (Å²) in [5.41, 5.74) is 13.4. The minimum absolute atomic E-state index is 0.846. The monoisotopic (exact) mass is 753 g/mol. The Hall–Kier alpha value is -7.88. The predicted molar refractivity (Wildman–Crippen MR) is 247 cm³/mol. The number of rotatable bonds is 6. The Labute approximate surface area is 340 Å². The minimum atomic E-state index is 0.846. The van der Waals surface area contributed by atoms with Crippen molar-refractivity contribution in [2.24, 2.45) is 0 Å². The molecule has 2 aromatic heterocycles. The van der Waals surface area contributed by atoms with E-state index < -0.39 is 0 Å². The molecule has 2 heterocycles. The molecule has 0 amide bonds. The van der Waals surface area contributed by atoms with E-state index in [-0.39, 0.29) is 0 Å². The van der Waals surface area contributed by atoms with Crippen molar-refractivity contribution in [2.45, 2.75) is 0 Å². The molecule has 0 radical (unpaired) electrons. The van der Waals surface area contributed by atoms with Crippen LogP contribution in [0.5, 0.6) is 0 Å². The third kappa shape index (κ3) is 5.36. The van der Waals surface area contributed by atoms with Crippen molar-refractivity contribution in [3.8, 4) is 33.4 Å². The number of hydrogen-bond donors (Lipinski definition) is 0. The van der Waals surface area contributed by atoms with Crippen LogP contribution < -0.4 is 4.90 Å². The minimum Gasteiger partial charge on any atom is -0.456 e. The zero-order valence-corrected chi connectivity index (χ0v) is 32.0. The zero-order chi connectivity index (χ0) is 38.9. The van der Waals surface area contributed by atoms with Crippen LogP contribution in [-0.4, -0.2) is 0 Å². The molecular formula is C56H35NO2. The Morgan fingerprint density at radius 2 is 0.881 bits per heavy atom. The molecule has 3 heteroatoms. The first kappa shape index (κ1) is 33.3. The predicted octanol–water partition coefficient (Wildman–Crippen LogP) is 16.3. The highest BCUT2D eigenvalue weighted by Crippen LogP contribution is 2.49. The maximum absolute atomic E-state index is 6.96. The summed E-state index contributed by atoms with van der Waals surface area (Å²) < 4.78 is 13.3. The molecule has 0 aliphatic rings. The van der Waals surface area contributed by atoms with E-state index in [2.05, 4.69) is 205 Å². The van der Waals surface area contributed by atoms with Gasteiger partial charge >= 0.3 is 0 Å². The van der Waals surface area contributed by atoms with Crippen LogP contribution in [-0.2, 0) is 0 Å². The van der Waals surface area contributed by atoms with Gasteiger partial charge in [0.05, 0.1) is 16.8 Å².